The molecule has 0 aliphatic rings. The van der Waals surface area contributed by atoms with Gasteiger partial charge < -0.3 is 5.32 Å². The van der Waals surface area contributed by atoms with Gasteiger partial charge in [-0.05, 0) is 37.6 Å². The van der Waals surface area contributed by atoms with Crippen LogP contribution >= 0.6 is 22.9 Å². The van der Waals surface area contributed by atoms with Gasteiger partial charge >= 0.3 is 0 Å². The summed E-state index contributed by atoms with van der Waals surface area (Å²) in [5, 5.41) is 4.82. The highest BCUT2D eigenvalue weighted by Crippen LogP contribution is 2.25. The van der Waals surface area contributed by atoms with Crippen LogP contribution in [0, 0.1) is 12.7 Å². The van der Waals surface area contributed by atoms with E-state index in [9.17, 15) is 4.39 Å². The molecule has 2 aromatic rings. The molecule has 1 aromatic heterocycles. The van der Waals surface area contributed by atoms with E-state index in [1.165, 1.54) is 6.07 Å². The summed E-state index contributed by atoms with van der Waals surface area (Å²) in [7, 11) is 0. The van der Waals surface area contributed by atoms with Crippen molar-refractivity contribution in [2.45, 2.75) is 26.3 Å². The van der Waals surface area contributed by atoms with Crippen LogP contribution in [-0.4, -0.2) is 11.5 Å². The summed E-state index contributed by atoms with van der Waals surface area (Å²) in [4.78, 5) is 5.39. The Labute approximate surface area is 121 Å². The fourth-order valence-electron chi connectivity index (χ4n) is 1.97. The van der Waals surface area contributed by atoms with E-state index in [0.717, 1.165) is 16.4 Å². The van der Waals surface area contributed by atoms with E-state index in [-0.39, 0.29) is 11.9 Å². The highest BCUT2D eigenvalue weighted by Gasteiger charge is 2.16. The Balaban J connectivity index is 2.21. The van der Waals surface area contributed by atoms with Gasteiger partial charge in [-0.2, -0.15) is 0 Å². The van der Waals surface area contributed by atoms with Gasteiger partial charge in [-0.15, -0.1) is 11.3 Å². The minimum absolute atomic E-state index is 0.0897. The number of rotatable bonds is 5. The normalized spacial score (nSPS) is 12.6. The van der Waals surface area contributed by atoms with Crippen LogP contribution in [0.4, 0.5) is 4.39 Å². The molecule has 0 radical (unpaired) electrons. The molecule has 1 unspecified atom stereocenters. The summed E-state index contributed by atoms with van der Waals surface area (Å²) >= 11 is 7.41. The maximum absolute atomic E-state index is 13.8. The van der Waals surface area contributed by atoms with E-state index in [1.54, 1.807) is 23.5 Å². The lowest BCUT2D eigenvalue weighted by atomic mass is 10.0. The van der Waals surface area contributed by atoms with E-state index in [2.05, 4.69) is 10.3 Å². The van der Waals surface area contributed by atoms with Crippen molar-refractivity contribution in [2.75, 3.05) is 6.54 Å². The number of halogens is 2. The number of benzene rings is 1. The molecule has 102 valence electrons. The number of hydrogen-bond donors (Lipinski definition) is 1. The first-order valence-electron chi connectivity index (χ1n) is 6.19. The molecular formula is C14H16ClFN2S. The van der Waals surface area contributed by atoms with Crippen LogP contribution in [0.3, 0.4) is 0 Å². The van der Waals surface area contributed by atoms with E-state index >= 15 is 0 Å². The first-order chi connectivity index (χ1) is 9.10. The van der Waals surface area contributed by atoms with Gasteiger partial charge in [0, 0.05) is 22.1 Å². The summed E-state index contributed by atoms with van der Waals surface area (Å²) < 4.78 is 13.8. The van der Waals surface area contributed by atoms with Crippen molar-refractivity contribution in [1.82, 2.24) is 10.3 Å². The molecule has 1 heterocycles. The van der Waals surface area contributed by atoms with Gasteiger partial charge in [0.05, 0.1) is 5.01 Å². The number of aryl methyl sites for hydroxylation is 1. The van der Waals surface area contributed by atoms with Crippen LogP contribution in [0.5, 0.6) is 0 Å². The van der Waals surface area contributed by atoms with Crippen molar-refractivity contribution >= 4 is 22.9 Å². The molecule has 0 aliphatic heterocycles. The van der Waals surface area contributed by atoms with Gasteiger partial charge in [0.25, 0.3) is 0 Å². The molecule has 0 bridgehead atoms. The van der Waals surface area contributed by atoms with Crippen molar-refractivity contribution in [1.29, 1.82) is 0 Å². The highest BCUT2D eigenvalue weighted by atomic mass is 35.5. The molecule has 0 amide bonds. The van der Waals surface area contributed by atoms with Crippen LogP contribution in [0.1, 0.15) is 28.4 Å². The summed E-state index contributed by atoms with van der Waals surface area (Å²) in [5.41, 5.74) is 0.668. The first-order valence-corrected chi connectivity index (χ1v) is 7.39. The number of nitrogens with one attached hydrogen (secondary N) is 1. The maximum atomic E-state index is 13.8. The standard InChI is InChI=1S/C14H16ClFN2S/c1-3-17-13(14-8-18-9(2)19-14)6-10-4-5-11(15)7-12(10)16/h4-5,7-8,13,17H,3,6H2,1-2H3. The van der Waals surface area contributed by atoms with Gasteiger partial charge in [0.1, 0.15) is 5.82 Å². The van der Waals surface area contributed by atoms with Crippen molar-refractivity contribution in [2.24, 2.45) is 0 Å². The van der Waals surface area contributed by atoms with Gasteiger partial charge in [0.15, 0.2) is 0 Å². The lowest BCUT2D eigenvalue weighted by molar-refractivity contribution is 0.533. The Morgan fingerprint density at radius 2 is 2.26 bits per heavy atom. The Bertz CT molecular complexity index is 556. The van der Waals surface area contributed by atoms with Crippen molar-refractivity contribution in [3.05, 3.63) is 50.7 Å². The van der Waals surface area contributed by atoms with Crippen LogP contribution in [0.25, 0.3) is 0 Å². The Hall–Kier alpha value is -0.970. The topological polar surface area (TPSA) is 24.9 Å². The molecule has 0 spiro atoms. The predicted molar refractivity (Wildman–Crippen MR) is 78.4 cm³/mol. The number of nitrogens with zero attached hydrogens (tertiary/aromatic N) is 1. The lowest BCUT2D eigenvalue weighted by Crippen LogP contribution is -2.22. The average molecular weight is 299 g/mol. The van der Waals surface area contributed by atoms with Crippen LogP contribution < -0.4 is 5.32 Å². The quantitative estimate of drug-likeness (QED) is 0.897. The number of likely N-dealkylation sites (N-methyl/N-ethyl adjacent to an activating group) is 1. The van der Waals surface area contributed by atoms with Gasteiger partial charge in [0.2, 0.25) is 0 Å². The number of aromatic nitrogens is 1. The molecule has 0 aliphatic carbocycles. The van der Waals surface area contributed by atoms with Crippen LogP contribution in [0.15, 0.2) is 24.4 Å². The molecule has 1 aromatic carbocycles. The number of hydrogen-bond acceptors (Lipinski definition) is 3. The van der Waals surface area contributed by atoms with E-state index in [0.29, 0.717) is 17.0 Å². The second kappa shape index (κ2) is 6.46. The van der Waals surface area contributed by atoms with Crippen LogP contribution in [0.2, 0.25) is 5.02 Å². The fraction of sp³-hybridized carbons (Fsp3) is 0.357. The molecule has 0 saturated carbocycles. The van der Waals surface area contributed by atoms with Crippen molar-refractivity contribution < 1.29 is 4.39 Å². The van der Waals surface area contributed by atoms with E-state index < -0.39 is 0 Å². The minimum Gasteiger partial charge on any atom is -0.309 e. The smallest absolute Gasteiger partial charge is 0.127 e. The number of thiazole rings is 1. The molecule has 0 fully saturated rings. The van der Waals surface area contributed by atoms with Gasteiger partial charge in [-0.25, -0.2) is 9.37 Å². The third kappa shape index (κ3) is 3.75. The zero-order valence-corrected chi connectivity index (χ0v) is 12.5. The zero-order valence-electron chi connectivity index (χ0n) is 10.9. The molecule has 0 saturated heterocycles. The molecule has 2 rings (SSSR count). The van der Waals surface area contributed by atoms with Crippen LogP contribution in [-0.2, 0) is 6.42 Å². The summed E-state index contributed by atoms with van der Waals surface area (Å²) in [5.74, 6) is -0.253. The largest absolute Gasteiger partial charge is 0.309 e. The predicted octanol–water partition coefficient (Wildman–Crippen LogP) is 4.14. The third-order valence-electron chi connectivity index (χ3n) is 2.87. The molecule has 1 N–H and O–H groups in total. The average Bonchev–Trinajstić information content (AvgIpc) is 2.78. The molecule has 2 nitrogen and oxygen atoms in total. The Morgan fingerprint density at radius 1 is 1.47 bits per heavy atom. The van der Waals surface area contributed by atoms with E-state index in [4.69, 9.17) is 11.6 Å². The Morgan fingerprint density at radius 3 is 2.84 bits per heavy atom. The summed E-state index contributed by atoms with van der Waals surface area (Å²) in [6, 6.07) is 4.92. The second-order valence-electron chi connectivity index (χ2n) is 4.33. The molecule has 19 heavy (non-hydrogen) atoms. The zero-order chi connectivity index (χ0) is 13.8. The van der Waals surface area contributed by atoms with Gasteiger partial charge in [-0.1, -0.05) is 24.6 Å². The highest BCUT2D eigenvalue weighted by molar-refractivity contribution is 7.11. The van der Waals surface area contributed by atoms with Crippen molar-refractivity contribution in [3.63, 3.8) is 0 Å². The molecular weight excluding hydrogens is 283 g/mol. The summed E-state index contributed by atoms with van der Waals surface area (Å²) in [6.07, 6.45) is 2.46. The first kappa shape index (κ1) is 14.4. The van der Waals surface area contributed by atoms with Gasteiger partial charge in [-0.3, -0.25) is 0 Å². The monoisotopic (exact) mass is 298 g/mol. The Kier molecular flexibility index (Phi) is 4.91. The molecule has 5 heteroatoms. The lowest BCUT2D eigenvalue weighted by Gasteiger charge is -2.16. The van der Waals surface area contributed by atoms with Crippen molar-refractivity contribution in [3.8, 4) is 0 Å². The van der Waals surface area contributed by atoms with E-state index in [1.807, 2.05) is 20.0 Å². The fourth-order valence-corrected chi connectivity index (χ4v) is 2.99. The SMILES string of the molecule is CCNC(Cc1ccc(Cl)cc1F)c1cnc(C)s1. The summed E-state index contributed by atoms with van der Waals surface area (Å²) in [6.45, 7) is 4.84. The second-order valence-corrected chi connectivity index (χ2v) is 6.03. The third-order valence-corrected chi connectivity index (χ3v) is 4.13. The maximum Gasteiger partial charge on any atom is 0.127 e. The molecule has 1 atom stereocenters. The minimum atomic E-state index is -0.253.